The summed E-state index contributed by atoms with van der Waals surface area (Å²) in [6, 6.07) is 19.9. The number of ether oxygens (including phenoxy) is 4. The molecule has 0 N–H and O–H groups in total. The Hall–Kier alpha value is -4.46. The van der Waals surface area contributed by atoms with Crippen molar-refractivity contribution in [3.05, 3.63) is 90.0 Å². The highest BCUT2D eigenvalue weighted by molar-refractivity contribution is 5.91. The summed E-state index contributed by atoms with van der Waals surface area (Å²) < 4.78 is 22.5. The molecule has 3 aromatic carbocycles. The van der Waals surface area contributed by atoms with Gasteiger partial charge in [0.15, 0.2) is 5.75 Å². The average molecular weight is 587 g/mol. The zero-order valence-corrected chi connectivity index (χ0v) is 25.5. The van der Waals surface area contributed by atoms with Gasteiger partial charge in [-0.15, -0.1) is 5.11 Å². The second kappa shape index (κ2) is 18.2. The Balaban J connectivity index is 1.68. The highest BCUT2D eigenvalue weighted by Gasteiger charge is 2.13. The molecule has 0 aliphatic carbocycles. The molecule has 8 heteroatoms. The van der Waals surface area contributed by atoms with E-state index in [-0.39, 0.29) is 6.61 Å². The Morgan fingerprint density at radius 3 is 2.12 bits per heavy atom. The van der Waals surface area contributed by atoms with Crippen molar-refractivity contribution in [3.8, 4) is 17.2 Å². The molecule has 0 saturated heterocycles. The van der Waals surface area contributed by atoms with Gasteiger partial charge in [-0.1, -0.05) is 45.4 Å². The predicted molar refractivity (Wildman–Crippen MR) is 168 cm³/mol. The number of azo groups is 1. The van der Waals surface area contributed by atoms with Gasteiger partial charge in [0.2, 0.25) is 0 Å². The second-order valence-corrected chi connectivity index (χ2v) is 10.2. The molecule has 0 atom stereocenters. The summed E-state index contributed by atoms with van der Waals surface area (Å²) in [5.41, 5.74) is 3.26. The van der Waals surface area contributed by atoms with E-state index < -0.39 is 11.9 Å². The molecule has 0 aromatic heterocycles. The molecular formula is C35H42N2O6. The average Bonchev–Trinajstić information content (AvgIpc) is 3.02. The number of hydrogen-bond acceptors (Lipinski definition) is 8. The van der Waals surface area contributed by atoms with E-state index in [0.717, 1.165) is 37.8 Å². The summed E-state index contributed by atoms with van der Waals surface area (Å²) in [7, 11) is 0. The van der Waals surface area contributed by atoms with Crippen molar-refractivity contribution < 1.29 is 28.5 Å². The molecule has 0 radical (unpaired) electrons. The Kier molecular flexibility index (Phi) is 14.0. The number of esters is 2. The molecule has 0 unspecified atom stereocenters. The van der Waals surface area contributed by atoms with Gasteiger partial charge in [0.05, 0.1) is 31.1 Å². The van der Waals surface area contributed by atoms with E-state index in [2.05, 4.69) is 42.8 Å². The van der Waals surface area contributed by atoms with Crippen LogP contribution in [0, 0.1) is 0 Å². The van der Waals surface area contributed by atoms with Crippen molar-refractivity contribution in [1.82, 2.24) is 0 Å². The Morgan fingerprint density at radius 1 is 0.744 bits per heavy atom. The second-order valence-electron chi connectivity index (χ2n) is 10.2. The normalized spacial score (nSPS) is 10.9. The van der Waals surface area contributed by atoms with Crippen molar-refractivity contribution in [2.75, 3.05) is 19.8 Å². The molecule has 43 heavy (non-hydrogen) atoms. The van der Waals surface area contributed by atoms with Crippen LogP contribution in [0.25, 0.3) is 0 Å². The number of aryl methyl sites for hydroxylation is 1. The molecule has 0 aliphatic rings. The van der Waals surface area contributed by atoms with Crippen molar-refractivity contribution in [3.63, 3.8) is 0 Å². The fourth-order valence-corrected chi connectivity index (χ4v) is 3.84. The van der Waals surface area contributed by atoms with Gasteiger partial charge >= 0.3 is 11.9 Å². The number of nitrogens with zero attached hydrogens (tertiary/aromatic N) is 2. The third kappa shape index (κ3) is 11.7. The number of benzene rings is 3. The van der Waals surface area contributed by atoms with Crippen LogP contribution in [0.15, 0.2) is 89.1 Å². The molecule has 0 saturated carbocycles. The van der Waals surface area contributed by atoms with Gasteiger partial charge in [0.25, 0.3) is 0 Å². The zero-order chi connectivity index (χ0) is 30.9. The van der Waals surface area contributed by atoms with E-state index in [4.69, 9.17) is 18.9 Å². The van der Waals surface area contributed by atoms with E-state index in [9.17, 15) is 9.59 Å². The molecule has 8 nitrogen and oxygen atoms in total. The van der Waals surface area contributed by atoms with Crippen LogP contribution in [0.2, 0.25) is 0 Å². The smallest absolute Gasteiger partial charge is 0.343 e. The Labute approximate surface area is 254 Å². The van der Waals surface area contributed by atoms with E-state index in [1.54, 1.807) is 49.4 Å². The molecule has 228 valence electrons. The summed E-state index contributed by atoms with van der Waals surface area (Å²) in [5.74, 6) is 0.545. The summed E-state index contributed by atoms with van der Waals surface area (Å²) in [6.07, 6.45) is 6.60. The van der Waals surface area contributed by atoms with Gasteiger partial charge in [-0.25, -0.2) is 9.59 Å². The molecule has 0 amide bonds. The quantitative estimate of drug-likeness (QED) is 0.0485. The highest BCUT2D eigenvalue weighted by Crippen LogP contribution is 2.34. The van der Waals surface area contributed by atoms with Crippen molar-refractivity contribution >= 4 is 23.3 Å². The standard InChI is InChI=1S/C35H42N2O6/c1-5-7-11-27-12-16-29(17-13-27)36-37-32-21-20-31(25-33(32)41-23-9-10-24-42-34(38)26(3)4)43-35(39)28-14-18-30(19-15-28)40-22-8-6-2/h12-21,25H,3,5-11,22-24H2,1-2,4H3. The highest BCUT2D eigenvalue weighted by atomic mass is 16.5. The number of carbonyl (C=O) groups excluding carboxylic acids is 2. The third-order valence-corrected chi connectivity index (χ3v) is 6.40. The van der Waals surface area contributed by atoms with Crippen molar-refractivity contribution in [2.45, 2.75) is 65.7 Å². The lowest BCUT2D eigenvalue weighted by Crippen LogP contribution is -2.09. The summed E-state index contributed by atoms with van der Waals surface area (Å²) in [5, 5.41) is 8.80. The molecule has 0 aliphatic heterocycles. The van der Waals surface area contributed by atoms with Crippen LogP contribution in [0.1, 0.15) is 75.2 Å². The maximum atomic E-state index is 12.8. The maximum Gasteiger partial charge on any atom is 0.343 e. The Bertz CT molecular complexity index is 1350. The van der Waals surface area contributed by atoms with Crippen LogP contribution in [-0.4, -0.2) is 31.8 Å². The van der Waals surface area contributed by atoms with Crippen LogP contribution >= 0.6 is 0 Å². The lowest BCUT2D eigenvalue weighted by molar-refractivity contribution is -0.139. The Morgan fingerprint density at radius 2 is 1.42 bits per heavy atom. The van der Waals surface area contributed by atoms with Gasteiger partial charge in [-0.05, 0) is 93.1 Å². The minimum atomic E-state index is -0.497. The summed E-state index contributed by atoms with van der Waals surface area (Å²) >= 11 is 0. The van der Waals surface area contributed by atoms with Crippen LogP contribution in [0.4, 0.5) is 11.4 Å². The number of carbonyl (C=O) groups is 2. The van der Waals surface area contributed by atoms with Crippen molar-refractivity contribution in [2.24, 2.45) is 10.2 Å². The van der Waals surface area contributed by atoms with Crippen LogP contribution in [-0.2, 0) is 16.0 Å². The van der Waals surface area contributed by atoms with E-state index in [1.165, 1.54) is 5.56 Å². The van der Waals surface area contributed by atoms with Crippen LogP contribution in [0.3, 0.4) is 0 Å². The molecule has 0 fully saturated rings. The first kappa shape index (κ1) is 33.0. The maximum absolute atomic E-state index is 12.8. The summed E-state index contributed by atoms with van der Waals surface area (Å²) in [4.78, 5) is 24.4. The summed E-state index contributed by atoms with van der Waals surface area (Å²) in [6.45, 7) is 10.7. The van der Waals surface area contributed by atoms with E-state index in [1.807, 2.05) is 12.1 Å². The van der Waals surface area contributed by atoms with E-state index >= 15 is 0 Å². The predicted octanol–water partition coefficient (Wildman–Crippen LogP) is 9.12. The minimum Gasteiger partial charge on any atom is -0.494 e. The van der Waals surface area contributed by atoms with Gasteiger partial charge in [0.1, 0.15) is 17.2 Å². The lowest BCUT2D eigenvalue weighted by atomic mass is 10.1. The van der Waals surface area contributed by atoms with Crippen LogP contribution in [0.5, 0.6) is 17.2 Å². The van der Waals surface area contributed by atoms with Gasteiger partial charge < -0.3 is 18.9 Å². The number of rotatable bonds is 18. The molecule has 3 rings (SSSR count). The first-order valence-electron chi connectivity index (χ1n) is 14.9. The number of hydrogen-bond donors (Lipinski definition) is 0. The van der Waals surface area contributed by atoms with Gasteiger partial charge in [-0.3, -0.25) is 0 Å². The van der Waals surface area contributed by atoms with E-state index in [0.29, 0.717) is 60.1 Å². The number of unbranched alkanes of at least 4 members (excludes halogenated alkanes) is 3. The lowest BCUT2D eigenvalue weighted by Gasteiger charge is -2.11. The zero-order valence-electron chi connectivity index (χ0n) is 25.5. The fourth-order valence-electron chi connectivity index (χ4n) is 3.84. The first-order valence-corrected chi connectivity index (χ1v) is 14.9. The van der Waals surface area contributed by atoms with Crippen molar-refractivity contribution in [1.29, 1.82) is 0 Å². The molecule has 0 bridgehead atoms. The molecule has 0 heterocycles. The monoisotopic (exact) mass is 586 g/mol. The first-order chi connectivity index (χ1) is 20.9. The minimum absolute atomic E-state index is 0.274. The fraction of sp³-hybridized carbons (Fsp3) is 0.371. The molecular weight excluding hydrogens is 544 g/mol. The third-order valence-electron chi connectivity index (χ3n) is 6.40. The van der Waals surface area contributed by atoms with Crippen LogP contribution < -0.4 is 14.2 Å². The largest absolute Gasteiger partial charge is 0.494 e. The molecule has 3 aromatic rings. The topological polar surface area (TPSA) is 95.8 Å². The van der Waals surface area contributed by atoms with Gasteiger partial charge in [-0.2, -0.15) is 5.11 Å². The molecule has 0 spiro atoms. The SMILES string of the molecule is C=C(C)C(=O)OCCCCOc1cc(OC(=O)c2ccc(OCCCC)cc2)ccc1N=Nc1ccc(CCCC)cc1. The van der Waals surface area contributed by atoms with Gasteiger partial charge in [0, 0.05) is 11.6 Å².